The van der Waals surface area contributed by atoms with E-state index in [0.717, 1.165) is 17.7 Å². The number of rotatable bonds is 7. The Morgan fingerprint density at radius 1 is 1.41 bits per heavy atom. The van der Waals surface area contributed by atoms with Gasteiger partial charge in [-0.05, 0) is 23.8 Å². The monoisotopic (exact) mass is 257 g/mol. The zero-order valence-corrected chi connectivity index (χ0v) is 10.6. The first-order chi connectivity index (χ1) is 8.15. The highest BCUT2D eigenvalue weighted by Gasteiger charge is 2.13. The molecule has 1 aromatic carbocycles. The van der Waals surface area contributed by atoms with Crippen LogP contribution in [-0.2, 0) is 5.75 Å². The molecule has 0 unspecified atom stereocenters. The van der Waals surface area contributed by atoms with Gasteiger partial charge in [0.05, 0.1) is 4.92 Å². The maximum absolute atomic E-state index is 13.3. The van der Waals surface area contributed by atoms with Crippen LogP contribution in [0.1, 0.15) is 31.7 Å². The molecular weight excluding hydrogens is 241 g/mol. The second-order valence-corrected chi connectivity index (χ2v) is 4.91. The first-order valence-electron chi connectivity index (χ1n) is 5.65. The minimum Gasteiger partial charge on any atom is -0.258 e. The Balaban J connectivity index is 2.45. The average Bonchev–Trinajstić information content (AvgIpc) is 2.28. The van der Waals surface area contributed by atoms with Crippen LogP contribution >= 0.6 is 11.8 Å². The van der Waals surface area contributed by atoms with Crippen LogP contribution in [0, 0.1) is 15.9 Å². The highest BCUT2D eigenvalue weighted by Crippen LogP contribution is 2.21. The second kappa shape index (κ2) is 7.27. The standard InChI is InChI=1S/C12H16FNO2S/c1-2-3-4-7-17-9-10-5-6-12(14(15)16)11(13)8-10/h5-6,8H,2-4,7,9H2,1H3. The molecule has 0 fully saturated rings. The minimum atomic E-state index is -0.748. The van der Waals surface area contributed by atoms with E-state index in [-0.39, 0.29) is 0 Å². The topological polar surface area (TPSA) is 43.1 Å². The van der Waals surface area contributed by atoms with Gasteiger partial charge in [0, 0.05) is 11.8 Å². The van der Waals surface area contributed by atoms with E-state index in [1.165, 1.54) is 25.0 Å². The molecule has 1 rings (SSSR count). The smallest absolute Gasteiger partial charge is 0.258 e. The summed E-state index contributed by atoms with van der Waals surface area (Å²) in [6.45, 7) is 2.15. The van der Waals surface area contributed by atoms with Gasteiger partial charge in [0.25, 0.3) is 0 Å². The van der Waals surface area contributed by atoms with Crippen LogP contribution in [0.3, 0.4) is 0 Å². The summed E-state index contributed by atoms with van der Waals surface area (Å²) in [5.74, 6) is 1.01. The van der Waals surface area contributed by atoms with Crippen LogP contribution in [0.15, 0.2) is 18.2 Å². The Kier molecular flexibility index (Phi) is 5.97. The summed E-state index contributed by atoms with van der Waals surface area (Å²) in [4.78, 5) is 9.72. The zero-order valence-electron chi connectivity index (χ0n) is 9.82. The molecule has 1 aromatic rings. The lowest BCUT2D eigenvalue weighted by Gasteiger charge is -2.02. The molecule has 94 valence electrons. The molecule has 0 spiro atoms. The fraction of sp³-hybridized carbons (Fsp3) is 0.500. The molecule has 5 heteroatoms. The second-order valence-electron chi connectivity index (χ2n) is 3.80. The third-order valence-electron chi connectivity index (χ3n) is 2.37. The van der Waals surface area contributed by atoms with E-state index in [9.17, 15) is 14.5 Å². The van der Waals surface area contributed by atoms with E-state index in [1.54, 1.807) is 17.8 Å². The Morgan fingerprint density at radius 3 is 2.76 bits per heavy atom. The lowest BCUT2D eigenvalue weighted by atomic mass is 10.2. The van der Waals surface area contributed by atoms with Gasteiger partial charge in [-0.25, -0.2) is 0 Å². The van der Waals surface area contributed by atoms with E-state index in [0.29, 0.717) is 5.75 Å². The van der Waals surface area contributed by atoms with Crippen molar-refractivity contribution < 1.29 is 9.31 Å². The summed E-state index contributed by atoms with van der Waals surface area (Å²) >= 11 is 1.73. The highest BCUT2D eigenvalue weighted by molar-refractivity contribution is 7.98. The van der Waals surface area contributed by atoms with Crippen molar-refractivity contribution in [1.29, 1.82) is 0 Å². The molecular formula is C12H16FNO2S. The molecule has 0 aliphatic heterocycles. The highest BCUT2D eigenvalue weighted by atomic mass is 32.2. The van der Waals surface area contributed by atoms with Crippen molar-refractivity contribution in [2.24, 2.45) is 0 Å². The quantitative estimate of drug-likeness (QED) is 0.418. The number of halogens is 1. The van der Waals surface area contributed by atoms with E-state index in [4.69, 9.17) is 0 Å². The number of benzene rings is 1. The Labute approximate surface area is 105 Å². The molecule has 0 aliphatic carbocycles. The van der Waals surface area contributed by atoms with Crippen molar-refractivity contribution in [1.82, 2.24) is 0 Å². The lowest BCUT2D eigenvalue weighted by Crippen LogP contribution is -1.93. The molecule has 17 heavy (non-hydrogen) atoms. The fourth-order valence-corrected chi connectivity index (χ4v) is 2.40. The summed E-state index contributed by atoms with van der Waals surface area (Å²) in [7, 11) is 0. The number of hydrogen-bond acceptors (Lipinski definition) is 3. The van der Waals surface area contributed by atoms with E-state index in [1.807, 2.05) is 0 Å². The van der Waals surface area contributed by atoms with Crippen LogP contribution in [0.25, 0.3) is 0 Å². The predicted octanol–water partition coefficient (Wildman–Crippen LogP) is 4.16. The van der Waals surface area contributed by atoms with Crippen LogP contribution in [0.5, 0.6) is 0 Å². The van der Waals surface area contributed by atoms with Crippen molar-refractivity contribution >= 4 is 17.4 Å². The maximum atomic E-state index is 13.3. The van der Waals surface area contributed by atoms with Crippen LogP contribution in [0.2, 0.25) is 0 Å². The zero-order chi connectivity index (χ0) is 12.7. The van der Waals surface area contributed by atoms with Gasteiger partial charge >= 0.3 is 5.69 Å². The molecule has 0 bridgehead atoms. The Bertz CT molecular complexity index is 385. The summed E-state index contributed by atoms with van der Waals surface area (Å²) in [6.07, 6.45) is 3.56. The Hall–Kier alpha value is -1.10. The van der Waals surface area contributed by atoms with Gasteiger partial charge < -0.3 is 0 Å². The largest absolute Gasteiger partial charge is 0.304 e. The van der Waals surface area contributed by atoms with Gasteiger partial charge in [-0.15, -0.1) is 0 Å². The summed E-state index contributed by atoms with van der Waals surface area (Å²) in [5.41, 5.74) is 0.347. The predicted molar refractivity (Wildman–Crippen MR) is 68.7 cm³/mol. The summed E-state index contributed by atoms with van der Waals surface area (Å²) < 4.78 is 13.3. The molecule has 0 aliphatic rings. The Morgan fingerprint density at radius 2 is 2.18 bits per heavy atom. The average molecular weight is 257 g/mol. The van der Waals surface area contributed by atoms with E-state index < -0.39 is 16.4 Å². The van der Waals surface area contributed by atoms with Gasteiger partial charge in [-0.1, -0.05) is 25.8 Å². The summed E-state index contributed by atoms with van der Waals surface area (Å²) in [6, 6.07) is 4.11. The minimum absolute atomic E-state index is 0.454. The molecule has 0 atom stereocenters. The summed E-state index contributed by atoms with van der Waals surface area (Å²) in [5, 5.41) is 10.4. The molecule has 0 aromatic heterocycles. The third kappa shape index (κ3) is 4.73. The van der Waals surface area contributed by atoms with Crippen LogP contribution in [-0.4, -0.2) is 10.7 Å². The van der Waals surface area contributed by atoms with Gasteiger partial charge in [-0.3, -0.25) is 10.1 Å². The first-order valence-corrected chi connectivity index (χ1v) is 6.81. The van der Waals surface area contributed by atoms with Crippen LogP contribution < -0.4 is 0 Å². The molecule has 0 saturated heterocycles. The first kappa shape index (κ1) is 14.0. The number of nitrogens with zero attached hydrogens (tertiary/aromatic N) is 1. The molecule has 0 radical (unpaired) electrons. The molecule has 0 amide bonds. The lowest BCUT2D eigenvalue weighted by molar-refractivity contribution is -0.387. The fourth-order valence-electron chi connectivity index (χ4n) is 1.43. The van der Waals surface area contributed by atoms with Crippen molar-refractivity contribution in [2.75, 3.05) is 5.75 Å². The molecule has 0 heterocycles. The van der Waals surface area contributed by atoms with Crippen molar-refractivity contribution in [3.8, 4) is 0 Å². The number of unbranched alkanes of at least 4 members (excludes halogenated alkanes) is 2. The normalized spacial score (nSPS) is 10.5. The number of hydrogen-bond donors (Lipinski definition) is 0. The van der Waals surface area contributed by atoms with E-state index >= 15 is 0 Å². The van der Waals surface area contributed by atoms with Crippen molar-refractivity contribution in [2.45, 2.75) is 31.9 Å². The number of nitro benzene ring substituents is 1. The third-order valence-corrected chi connectivity index (χ3v) is 3.48. The molecule has 0 N–H and O–H groups in total. The van der Waals surface area contributed by atoms with Gasteiger partial charge in [-0.2, -0.15) is 16.2 Å². The van der Waals surface area contributed by atoms with Gasteiger partial charge in [0.15, 0.2) is 0 Å². The van der Waals surface area contributed by atoms with Crippen molar-refractivity contribution in [3.63, 3.8) is 0 Å². The van der Waals surface area contributed by atoms with Crippen molar-refractivity contribution in [3.05, 3.63) is 39.7 Å². The number of nitro groups is 1. The molecule has 0 saturated carbocycles. The van der Waals surface area contributed by atoms with Gasteiger partial charge in [0.1, 0.15) is 0 Å². The number of thioether (sulfide) groups is 1. The maximum Gasteiger partial charge on any atom is 0.304 e. The van der Waals surface area contributed by atoms with E-state index in [2.05, 4.69) is 6.92 Å². The SMILES string of the molecule is CCCCCSCc1ccc([N+](=O)[O-])c(F)c1. The molecule has 3 nitrogen and oxygen atoms in total. The van der Waals surface area contributed by atoms with Gasteiger partial charge in [0.2, 0.25) is 5.82 Å². The van der Waals surface area contributed by atoms with Crippen LogP contribution in [0.4, 0.5) is 10.1 Å².